The first-order valence-electron chi connectivity index (χ1n) is 8.10. The van der Waals surface area contributed by atoms with Crippen molar-refractivity contribution in [1.82, 2.24) is 4.98 Å². The molecule has 0 aliphatic carbocycles. The van der Waals surface area contributed by atoms with Crippen LogP contribution in [-0.2, 0) is 14.6 Å². The lowest BCUT2D eigenvalue weighted by atomic mass is 10.2. The smallest absolute Gasteiger partial charge is 0.257 e. The number of carbonyl (C=O) groups excluding carboxylic acids is 1. The van der Waals surface area contributed by atoms with Crippen molar-refractivity contribution in [1.29, 1.82) is 0 Å². The molecule has 0 radical (unpaired) electrons. The third kappa shape index (κ3) is 4.72. The number of nitrogens with zero attached hydrogens (tertiary/aromatic N) is 1. The van der Waals surface area contributed by atoms with Crippen molar-refractivity contribution in [3.8, 4) is 0 Å². The fraction of sp³-hybridized carbons (Fsp3) is 0.222. The van der Waals surface area contributed by atoms with Crippen LogP contribution in [0.15, 0.2) is 55.4 Å². The summed E-state index contributed by atoms with van der Waals surface area (Å²) in [5.74, 6) is -0.0546. The number of sulfone groups is 1. The molecule has 2 aromatic carbocycles. The molecule has 6 nitrogen and oxygen atoms in total. The van der Waals surface area contributed by atoms with E-state index in [2.05, 4.69) is 26.2 Å². The molecule has 0 unspecified atom stereocenters. The molecule has 1 aromatic heterocycles. The first-order valence-corrected chi connectivity index (χ1v) is 11.5. The van der Waals surface area contributed by atoms with Gasteiger partial charge in [-0.3, -0.25) is 4.79 Å². The van der Waals surface area contributed by atoms with E-state index >= 15 is 0 Å². The van der Waals surface area contributed by atoms with Crippen LogP contribution in [0.1, 0.15) is 12.5 Å². The summed E-state index contributed by atoms with van der Waals surface area (Å²) in [5, 5.41) is 3.14. The normalized spacial score (nSPS) is 11.7. The maximum Gasteiger partial charge on any atom is 0.257 e. The maximum absolute atomic E-state index is 12.2. The van der Waals surface area contributed by atoms with Crippen molar-refractivity contribution < 1.29 is 17.6 Å². The van der Waals surface area contributed by atoms with Gasteiger partial charge in [-0.15, -0.1) is 0 Å². The fourth-order valence-electron chi connectivity index (χ4n) is 2.34. The Bertz CT molecular complexity index is 1110. The summed E-state index contributed by atoms with van der Waals surface area (Å²) >= 11 is 4.57. The largest absolute Gasteiger partial charge is 0.431 e. The highest BCUT2D eigenvalue weighted by molar-refractivity contribution is 9.10. The molecule has 0 fully saturated rings. The molecular formula is C18H17BrN2O4S2. The predicted octanol–water partition coefficient (Wildman–Crippen LogP) is 4.42. The molecule has 0 spiro atoms. The second-order valence-electron chi connectivity index (χ2n) is 5.83. The Morgan fingerprint density at radius 1 is 1.26 bits per heavy atom. The molecule has 1 amide bonds. The van der Waals surface area contributed by atoms with E-state index in [0.717, 1.165) is 21.8 Å². The van der Waals surface area contributed by atoms with Gasteiger partial charge < -0.3 is 9.73 Å². The van der Waals surface area contributed by atoms with Crippen molar-refractivity contribution in [2.24, 2.45) is 0 Å². The van der Waals surface area contributed by atoms with Crippen LogP contribution in [0.25, 0.3) is 11.1 Å². The van der Waals surface area contributed by atoms with Crippen LogP contribution >= 0.6 is 27.7 Å². The molecule has 0 atom stereocenters. The highest BCUT2D eigenvalue weighted by Gasteiger charge is 2.15. The number of rotatable bonds is 6. The summed E-state index contributed by atoms with van der Waals surface area (Å²) in [4.78, 5) is 16.6. The van der Waals surface area contributed by atoms with E-state index in [1.165, 1.54) is 12.1 Å². The average molecular weight is 469 g/mol. The summed E-state index contributed by atoms with van der Waals surface area (Å²) in [6.45, 7) is 3.56. The molecule has 0 saturated heterocycles. The lowest BCUT2D eigenvalue weighted by Gasteiger charge is -2.07. The number of aryl methyl sites for hydroxylation is 1. The molecule has 0 bridgehead atoms. The van der Waals surface area contributed by atoms with Crippen LogP contribution in [0.4, 0.5) is 5.69 Å². The van der Waals surface area contributed by atoms with Crippen molar-refractivity contribution in [3.63, 3.8) is 0 Å². The lowest BCUT2D eigenvalue weighted by molar-refractivity contribution is -0.113. The van der Waals surface area contributed by atoms with E-state index in [0.29, 0.717) is 22.0 Å². The Labute approximate surface area is 169 Å². The summed E-state index contributed by atoms with van der Waals surface area (Å²) in [5.41, 5.74) is 2.71. The second kappa shape index (κ2) is 8.04. The second-order valence-corrected chi connectivity index (χ2v) is 9.89. The van der Waals surface area contributed by atoms with E-state index in [-0.39, 0.29) is 22.3 Å². The minimum atomic E-state index is -3.30. The quantitative estimate of drug-likeness (QED) is 0.538. The Balaban J connectivity index is 1.68. The molecule has 0 aliphatic heterocycles. The summed E-state index contributed by atoms with van der Waals surface area (Å²) < 4.78 is 30.3. The zero-order valence-corrected chi connectivity index (χ0v) is 17.9. The molecule has 9 heteroatoms. The molecule has 1 heterocycles. The van der Waals surface area contributed by atoms with E-state index in [9.17, 15) is 13.2 Å². The number of anilines is 1. The van der Waals surface area contributed by atoms with Gasteiger partial charge in [-0.05, 0) is 58.7 Å². The van der Waals surface area contributed by atoms with Crippen molar-refractivity contribution in [3.05, 3.63) is 46.4 Å². The monoisotopic (exact) mass is 468 g/mol. The van der Waals surface area contributed by atoms with Crippen LogP contribution in [0, 0.1) is 6.92 Å². The Morgan fingerprint density at radius 3 is 2.74 bits per heavy atom. The zero-order valence-electron chi connectivity index (χ0n) is 14.7. The number of nitrogens with one attached hydrogen (secondary N) is 1. The first kappa shape index (κ1) is 19.9. The van der Waals surface area contributed by atoms with Crippen LogP contribution in [0.3, 0.4) is 0 Å². The Kier molecular flexibility index (Phi) is 5.92. The number of fused-ring (bicyclic) bond motifs is 1. The topological polar surface area (TPSA) is 89.3 Å². The van der Waals surface area contributed by atoms with E-state index in [4.69, 9.17) is 4.42 Å². The summed E-state index contributed by atoms with van der Waals surface area (Å²) in [6, 6.07) is 10.2. The number of oxazole rings is 1. The van der Waals surface area contributed by atoms with Gasteiger partial charge in [0.25, 0.3) is 5.22 Å². The highest BCUT2D eigenvalue weighted by Crippen LogP contribution is 2.27. The number of aromatic nitrogens is 1. The molecule has 3 rings (SSSR count). The molecule has 1 N–H and O–H groups in total. The first-order chi connectivity index (χ1) is 12.8. The van der Waals surface area contributed by atoms with Gasteiger partial charge in [-0.25, -0.2) is 13.4 Å². The van der Waals surface area contributed by atoms with E-state index in [1.54, 1.807) is 13.0 Å². The van der Waals surface area contributed by atoms with Crippen LogP contribution in [-0.4, -0.2) is 30.8 Å². The minimum absolute atomic E-state index is 0.0205. The van der Waals surface area contributed by atoms with Gasteiger partial charge in [0, 0.05) is 4.47 Å². The number of thioether (sulfide) groups is 1. The number of halogens is 1. The van der Waals surface area contributed by atoms with Crippen LogP contribution in [0.5, 0.6) is 0 Å². The van der Waals surface area contributed by atoms with Gasteiger partial charge in [0.05, 0.1) is 22.1 Å². The number of amides is 1. The van der Waals surface area contributed by atoms with Gasteiger partial charge in [-0.2, -0.15) is 0 Å². The molecule has 0 saturated carbocycles. The third-order valence-corrected chi connectivity index (χ3v) is 7.02. The standard InChI is InChI=1S/C18H17BrN2O4S2/c1-3-27(23,24)12-5-7-16-15(9-12)21-18(25-16)26-10-17(22)20-14-6-4-11(2)8-13(14)19/h4-9H,3,10H2,1-2H3,(H,20,22). The predicted molar refractivity (Wildman–Crippen MR) is 110 cm³/mol. The summed E-state index contributed by atoms with van der Waals surface area (Å²) in [6.07, 6.45) is 0. The average Bonchev–Trinajstić information content (AvgIpc) is 3.04. The minimum Gasteiger partial charge on any atom is -0.431 e. The van der Waals surface area contributed by atoms with Gasteiger partial charge in [0.2, 0.25) is 5.91 Å². The van der Waals surface area contributed by atoms with Crippen molar-refractivity contribution in [2.45, 2.75) is 24.0 Å². The van der Waals surface area contributed by atoms with E-state index in [1.807, 2.05) is 25.1 Å². The number of benzene rings is 2. The van der Waals surface area contributed by atoms with Gasteiger partial charge in [-0.1, -0.05) is 24.8 Å². The molecule has 3 aromatic rings. The van der Waals surface area contributed by atoms with Gasteiger partial charge >= 0.3 is 0 Å². The fourth-order valence-corrected chi connectivity index (χ4v) is 4.47. The third-order valence-electron chi connectivity index (χ3n) is 3.80. The number of carbonyl (C=O) groups is 1. The molecule has 27 heavy (non-hydrogen) atoms. The summed E-state index contributed by atoms with van der Waals surface area (Å²) in [7, 11) is -3.30. The van der Waals surface area contributed by atoms with Crippen molar-refractivity contribution in [2.75, 3.05) is 16.8 Å². The molecule has 0 aliphatic rings. The Morgan fingerprint density at radius 2 is 2.04 bits per heavy atom. The van der Waals surface area contributed by atoms with Crippen molar-refractivity contribution >= 4 is 60.2 Å². The maximum atomic E-state index is 12.2. The SMILES string of the molecule is CCS(=O)(=O)c1ccc2oc(SCC(=O)Nc3ccc(C)cc3Br)nc2c1. The zero-order chi connectivity index (χ0) is 19.6. The van der Waals surface area contributed by atoms with Crippen LogP contribution in [0.2, 0.25) is 0 Å². The van der Waals surface area contributed by atoms with Crippen LogP contribution < -0.4 is 5.32 Å². The molecule has 142 valence electrons. The van der Waals surface area contributed by atoms with Gasteiger partial charge in [0.15, 0.2) is 15.4 Å². The van der Waals surface area contributed by atoms with E-state index < -0.39 is 9.84 Å². The number of hydrogen-bond donors (Lipinski definition) is 1. The Hall–Kier alpha value is -1.84. The lowest BCUT2D eigenvalue weighted by Crippen LogP contribution is -2.14. The number of hydrogen-bond acceptors (Lipinski definition) is 6. The highest BCUT2D eigenvalue weighted by atomic mass is 79.9. The molecular weight excluding hydrogens is 452 g/mol. The van der Waals surface area contributed by atoms with Gasteiger partial charge in [0.1, 0.15) is 5.52 Å².